The van der Waals surface area contributed by atoms with E-state index in [9.17, 15) is 9.18 Å². The number of hydrogen-bond acceptors (Lipinski definition) is 4. The molecule has 2 aromatic rings. The molecular formula is C21H25FN4O. The number of aromatic nitrogens is 2. The monoisotopic (exact) mass is 368 g/mol. The van der Waals surface area contributed by atoms with Gasteiger partial charge < -0.3 is 10.6 Å². The first-order valence-corrected chi connectivity index (χ1v) is 9.79. The number of likely N-dealkylation sites (tertiary alicyclic amines) is 1. The van der Waals surface area contributed by atoms with Gasteiger partial charge in [-0.2, -0.15) is 0 Å². The minimum Gasteiger partial charge on any atom is -0.368 e. The first-order valence-electron chi connectivity index (χ1n) is 9.79. The van der Waals surface area contributed by atoms with Crippen molar-refractivity contribution in [2.45, 2.75) is 44.4 Å². The summed E-state index contributed by atoms with van der Waals surface area (Å²) in [5, 5.41) is 0. The van der Waals surface area contributed by atoms with Crippen molar-refractivity contribution in [2.24, 2.45) is 5.92 Å². The van der Waals surface area contributed by atoms with Crippen LogP contribution < -0.4 is 5.73 Å². The van der Waals surface area contributed by atoms with Crippen LogP contribution in [0.2, 0.25) is 0 Å². The van der Waals surface area contributed by atoms with Gasteiger partial charge in [0.25, 0.3) is 0 Å². The SMILES string of the molecule is Nc1ncc(-c2cccc(F)c2)c([C@H]2CCCN(C(=O)C3CCCC3)C2)n1. The molecule has 0 bridgehead atoms. The highest BCUT2D eigenvalue weighted by Crippen LogP contribution is 2.35. The molecule has 2 aliphatic rings. The molecule has 1 amide bonds. The lowest BCUT2D eigenvalue weighted by Gasteiger charge is -2.34. The van der Waals surface area contributed by atoms with E-state index in [1.165, 1.54) is 12.1 Å². The number of amides is 1. The number of rotatable bonds is 3. The van der Waals surface area contributed by atoms with Crippen LogP contribution in [-0.2, 0) is 4.79 Å². The van der Waals surface area contributed by atoms with Gasteiger partial charge in [0.2, 0.25) is 11.9 Å². The number of halogens is 1. The molecule has 1 aliphatic carbocycles. The van der Waals surface area contributed by atoms with Crippen LogP contribution >= 0.6 is 0 Å². The Kier molecular flexibility index (Phi) is 5.05. The number of nitrogens with zero attached hydrogens (tertiary/aromatic N) is 3. The summed E-state index contributed by atoms with van der Waals surface area (Å²) in [6, 6.07) is 6.44. The topological polar surface area (TPSA) is 72.1 Å². The predicted molar refractivity (Wildman–Crippen MR) is 102 cm³/mol. The molecule has 1 saturated heterocycles. The Morgan fingerprint density at radius 2 is 2.00 bits per heavy atom. The van der Waals surface area contributed by atoms with Crippen LogP contribution in [0.3, 0.4) is 0 Å². The van der Waals surface area contributed by atoms with Gasteiger partial charge in [-0.05, 0) is 43.4 Å². The molecule has 27 heavy (non-hydrogen) atoms. The van der Waals surface area contributed by atoms with Gasteiger partial charge in [-0.1, -0.05) is 25.0 Å². The smallest absolute Gasteiger partial charge is 0.225 e. The highest BCUT2D eigenvalue weighted by atomic mass is 19.1. The molecule has 1 aromatic heterocycles. The molecule has 0 unspecified atom stereocenters. The van der Waals surface area contributed by atoms with Crippen molar-refractivity contribution in [2.75, 3.05) is 18.8 Å². The largest absolute Gasteiger partial charge is 0.368 e. The third-order valence-corrected chi connectivity index (χ3v) is 5.80. The lowest BCUT2D eigenvalue weighted by atomic mass is 9.89. The normalized spacial score (nSPS) is 20.8. The van der Waals surface area contributed by atoms with Crippen LogP contribution in [0.1, 0.15) is 50.1 Å². The molecule has 5 nitrogen and oxygen atoms in total. The quantitative estimate of drug-likeness (QED) is 0.895. The average molecular weight is 368 g/mol. The fourth-order valence-electron chi connectivity index (χ4n) is 4.43. The first-order chi connectivity index (χ1) is 13.1. The Hall–Kier alpha value is -2.50. The third-order valence-electron chi connectivity index (χ3n) is 5.80. The third kappa shape index (κ3) is 3.80. The van der Waals surface area contributed by atoms with Crippen LogP contribution in [0.25, 0.3) is 11.1 Å². The average Bonchev–Trinajstić information content (AvgIpc) is 3.22. The first kappa shape index (κ1) is 17.9. The number of nitrogens with two attached hydrogens (primary N) is 1. The summed E-state index contributed by atoms with van der Waals surface area (Å²) in [5.41, 5.74) is 8.21. The molecule has 0 spiro atoms. The van der Waals surface area contributed by atoms with Crippen molar-refractivity contribution < 1.29 is 9.18 Å². The number of carbonyl (C=O) groups is 1. The highest BCUT2D eigenvalue weighted by molar-refractivity contribution is 5.79. The van der Waals surface area contributed by atoms with Crippen LogP contribution in [0.4, 0.5) is 10.3 Å². The van der Waals surface area contributed by atoms with Gasteiger partial charge in [-0.15, -0.1) is 0 Å². The van der Waals surface area contributed by atoms with Crippen LogP contribution in [-0.4, -0.2) is 33.9 Å². The molecule has 1 aliphatic heterocycles. The van der Waals surface area contributed by atoms with E-state index in [-0.39, 0.29) is 29.5 Å². The molecule has 6 heteroatoms. The number of nitrogen functional groups attached to an aromatic ring is 1. The number of piperidine rings is 1. The summed E-state index contributed by atoms with van der Waals surface area (Å²) in [6.45, 7) is 1.45. The molecule has 1 saturated carbocycles. The van der Waals surface area contributed by atoms with E-state index >= 15 is 0 Å². The fraction of sp³-hybridized carbons (Fsp3) is 0.476. The molecule has 2 heterocycles. The lowest BCUT2D eigenvalue weighted by molar-refractivity contribution is -0.136. The number of hydrogen-bond donors (Lipinski definition) is 1. The predicted octanol–water partition coefficient (Wildman–Crippen LogP) is 3.76. The Morgan fingerprint density at radius 3 is 2.78 bits per heavy atom. The molecular weight excluding hydrogens is 343 g/mol. The van der Waals surface area contributed by atoms with Crippen LogP contribution in [0.15, 0.2) is 30.5 Å². The van der Waals surface area contributed by atoms with Crippen molar-refractivity contribution in [3.63, 3.8) is 0 Å². The Labute approximate surface area is 158 Å². The number of anilines is 1. The summed E-state index contributed by atoms with van der Waals surface area (Å²) in [5.74, 6) is 0.475. The van der Waals surface area contributed by atoms with E-state index in [1.54, 1.807) is 12.3 Å². The number of carbonyl (C=O) groups excluding carboxylic acids is 1. The van der Waals surface area contributed by atoms with Crippen molar-refractivity contribution in [3.05, 3.63) is 42.0 Å². The second-order valence-corrected chi connectivity index (χ2v) is 7.64. The highest BCUT2D eigenvalue weighted by Gasteiger charge is 2.32. The van der Waals surface area contributed by atoms with Gasteiger partial charge in [0.05, 0.1) is 5.69 Å². The Bertz CT molecular complexity index is 835. The molecule has 1 atom stereocenters. The molecule has 1 aromatic carbocycles. The summed E-state index contributed by atoms with van der Waals surface area (Å²) in [7, 11) is 0. The maximum absolute atomic E-state index is 13.7. The van der Waals surface area contributed by atoms with Gasteiger partial charge >= 0.3 is 0 Å². The van der Waals surface area contributed by atoms with E-state index < -0.39 is 0 Å². The molecule has 0 radical (unpaired) electrons. The van der Waals surface area contributed by atoms with Crippen molar-refractivity contribution in [1.82, 2.24) is 14.9 Å². The Balaban J connectivity index is 1.62. The fourth-order valence-corrected chi connectivity index (χ4v) is 4.43. The lowest BCUT2D eigenvalue weighted by Crippen LogP contribution is -2.42. The van der Waals surface area contributed by atoms with E-state index in [0.29, 0.717) is 6.54 Å². The molecule has 4 rings (SSSR count). The van der Waals surface area contributed by atoms with Gasteiger partial charge in [0.15, 0.2) is 0 Å². The number of benzene rings is 1. The standard InChI is InChI=1S/C21H25FN4O/c22-17-9-3-7-15(11-17)18-12-24-21(23)25-19(18)16-8-4-10-26(13-16)20(27)14-5-1-2-6-14/h3,7,9,11-12,14,16H,1-2,4-6,8,10,13H2,(H2,23,24,25)/t16-/m0/s1. The summed E-state index contributed by atoms with van der Waals surface area (Å²) < 4.78 is 13.7. The summed E-state index contributed by atoms with van der Waals surface area (Å²) >= 11 is 0. The minimum atomic E-state index is -0.294. The Morgan fingerprint density at radius 1 is 1.19 bits per heavy atom. The minimum absolute atomic E-state index is 0.0904. The van der Waals surface area contributed by atoms with Gasteiger partial charge in [-0.3, -0.25) is 4.79 Å². The molecule has 142 valence electrons. The van der Waals surface area contributed by atoms with Crippen LogP contribution in [0.5, 0.6) is 0 Å². The zero-order chi connectivity index (χ0) is 18.8. The zero-order valence-corrected chi connectivity index (χ0v) is 15.4. The van der Waals surface area contributed by atoms with Crippen LogP contribution in [0, 0.1) is 11.7 Å². The van der Waals surface area contributed by atoms with Gasteiger partial charge in [-0.25, -0.2) is 14.4 Å². The van der Waals surface area contributed by atoms with E-state index in [0.717, 1.165) is 61.9 Å². The van der Waals surface area contributed by atoms with Gasteiger partial charge in [0.1, 0.15) is 5.82 Å². The van der Waals surface area contributed by atoms with E-state index in [1.807, 2.05) is 11.0 Å². The molecule has 2 N–H and O–H groups in total. The van der Waals surface area contributed by atoms with Crippen molar-refractivity contribution in [1.29, 1.82) is 0 Å². The van der Waals surface area contributed by atoms with Gasteiger partial charge in [0, 0.05) is 36.7 Å². The van der Waals surface area contributed by atoms with E-state index in [2.05, 4.69) is 9.97 Å². The summed E-state index contributed by atoms with van der Waals surface area (Å²) in [4.78, 5) is 23.5. The second kappa shape index (κ2) is 7.62. The maximum Gasteiger partial charge on any atom is 0.225 e. The van der Waals surface area contributed by atoms with E-state index in [4.69, 9.17) is 5.73 Å². The summed E-state index contributed by atoms with van der Waals surface area (Å²) in [6.07, 6.45) is 7.87. The maximum atomic E-state index is 13.7. The van der Waals surface area contributed by atoms with Crippen molar-refractivity contribution >= 4 is 11.9 Å². The second-order valence-electron chi connectivity index (χ2n) is 7.64. The molecule has 2 fully saturated rings. The zero-order valence-electron chi connectivity index (χ0n) is 15.4. The van der Waals surface area contributed by atoms with Crippen molar-refractivity contribution in [3.8, 4) is 11.1 Å².